The second-order valence-electron chi connectivity index (χ2n) is 6.75. The van der Waals surface area contributed by atoms with Gasteiger partial charge in [-0.05, 0) is 31.0 Å². The molecule has 0 saturated heterocycles. The summed E-state index contributed by atoms with van der Waals surface area (Å²) in [6.45, 7) is 5.65. The molecule has 0 saturated carbocycles. The van der Waals surface area contributed by atoms with E-state index in [-0.39, 0.29) is 0 Å². The van der Waals surface area contributed by atoms with Gasteiger partial charge >= 0.3 is 6.18 Å². The van der Waals surface area contributed by atoms with Crippen molar-refractivity contribution in [3.8, 4) is 11.3 Å². The number of aryl methyl sites for hydroxylation is 1. The monoisotopic (exact) mass is 385 g/mol. The van der Waals surface area contributed by atoms with E-state index in [2.05, 4.69) is 46.9 Å². The van der Waals surface area contributed by atoms with E-state index in [4.69, 9.17) is 0 Å². The molecule has 0 aliphatic rings. The standard InChI is InChI=1S/C22H22F3N3/c1-3-11-28(15-17-6-4-5-16(2)12-17)21-14-26-13-20(27-21)18-7-9-19(10-8-18)22(23,24)25/h4-10,12-14H,3,11,15H2,1-2H3. The van der Waals surface area contributed by atoms with Gasteiger partial charge in [-0.3, -0.25) is 4.98 Å². The fraction of sp³-hybridized carbons (Fsp3) is 0.273. The van der Waals surface area contributed by atoms with E-state index < -0.39 is 11.7 Å². The van der Waals surface area contributed by atoms with Gasteiger partial charge in [0.25, 0.3) is 0 Å². The Morgan fingerprint density at radius 3 is 2.39 bits per heavy atom. The van der Waals surface area contributed by atoms with Gasteiger partial charge in [-0.15, -0.1) is 0 Å². The number of anilines is 1. The summed E-state index contributed by atoms with van der Waals surface area (Å²) >= 11 is 0. The Labute approximate surface area is 162 Å². The molecule has 0 N–H and O–H groups in total. The van der Waals surface area contributed by atoms with Crippen molar-refractivity contribution in [2.75, 3.05) is 11.4 Å². The third-order valence-corrected chi connectivity index (χ3v) is 4.40. The average Bonchev–Trinajstić information content (AvgIpc) is 2.67. The minimum absolute atomic E-state index is 0.552. The fourth-order valence-corrected chi connectivity index (χ4v) is 3.05. The summed E-state index contributed by atoms with van der Waals surface area (Å²) in [5.74, 6) is 0.709. The highest BCUT2D eigenvalue weighted by atomic mass is 19.4. The first-order chi connectivity index (χ1) is 13.4. The number of hydrogen-bond acceptors (Lipinski definition) is 3. The van der Waals surface area contributed by atoms with Crippen LogP contribution in [0.5, 0.6) is 0 Å². The maximum absolute atomic E-state index is 12.8. The van der Waals surface area contributed by atoms with Crippen LogP contribution in [0.1, 0.15) is 30.0 Å². The van der Waals surface area contributed by atoms with Crippen molar-refractivity contribution in [1.29, 1.82) is 0 Å². The molecule has 0 spiro atoms. The summed E-state index contributed by atoms with van der Waals surface area (Å²) in [7, 11) is 0. The molecule has 2 aromatic carbocycles. The summed E-state index contributed by atoms with van der Waals surface area (Å²) in [5, 5.41) is 0. The highest BCUT2D eigenvalue weighted by Crippen LogP contribution is 2.30. The quantitative estimate of drug-likeness (QED) is 0.530. The van der Waals surface area contributed by atoms with Gasteiger partial charge in [-0.2, -0.15) is 13.2 Å². The molecule has 3 nitrogen and oxygen atoms in total. The zero-order valence-electron chi connectivity index (χ0n) is 15.9. The summed E-state index contributed by atoms with van der Waals surface area (Å²) in [6.07, 6.45) is -0.141. The highest BCUT2D eigenvalue weighted by molar-refractivity contribution is 5.60. The van der Waals surface area contributed by atoms with Crippen LogP contribution < -0.4 is 4.90 Å². The first-order valence-electron chi connectivity index (χ1n) is 9.17. The number of alkyl halides is 3. The van der Waals surface area contributed by atoms with Crippen molar-refractivity contribution < 1.29 is 13.2 Å². The first-order valence-corrected chi connectivity index (χ1v) is 9.17. The van der Waals surface area contributed by atoms with E-state index in [1.807, 2.05) is 6.07 Å². The Bertz CT molecular complexity index is 921. The van der Waals surface area contributed by atoms with Gasteiger partial charge < -0.3 is 4.90 Å². The number of benzene rings is 2. The molecule has 1 heterocycles. The summed E-state index contributed by atoms with van der Waals surface area (Å²) in [6, 6.07) is 13.3. The topological polar surface area (TPSA) is 29.0 Å². The van der Waals surface area contributed by atoms with Crippen molar-refractivity contribution in [2.45, 2.75) is 33.0 Å². The Kier molecular flexibility index (Phi) is 5.97. The maximum Gasteiger partial charge on any atom is 0.416 e. The number of aromatic nitrogens is 2. The van der Waals surface area contributed by atoms with Gasteiger partial charge in [0, 0.05) is 18.7 Å². The number of hydrogen-bond donors (Lipinski definition) is 0. The summed E-state index contributed by atoms with van der Waals surface area (Å²) < 4.78 is 38.3. The molecule has 0 radical (unpaired) electrons. The number of halogens is 3. The van der Waals surface area contributed by atoms with Crippen LogP contribution >= 0.6 is 0 Å². The number of rotatable bonds is 6. The van der Waals surface area contributed by atoms with Gasteiger partial charge in [0.05, 0.1) is 23.7 Å². The molecule has 0 bridgehead atoms. The first kappa shape index (κ1) is 19.9. The zero-order valence-corrected chi connectivity index (χ0v) is 15.9. The second kappa shape index (κ2) is 8.42. The molecule has 0 fully saturated rings. The van der Waals surface area contributed by atoms with Crippen molar-refractivity contribution >= 4 is 5.82 Å². The van der Waals surface area contributed by atoms with Crippen LogP contribution in [0.25, 0.3) is 11.3 Å². The zero-order chi connectivity index (χ0) is 20.1. The maximum atomic E-state index is 12.8. The van der Waals surface area contributed by atoms with Gasteiger partial charge in [0.2, 0.25) is 0 Å². The lowest BCUT2D eigenvalue weighted by Gasteiger charge is -2.23. The van der Waals surface area contributed by atoms with Crippen molar-refractivity contribution in [2.24, 2.45) is 0 Å². The molecule has 0 amide bonds. The van der Waals surface area contributed by atoms with Crippen molar-refractivity contribution in [3.63, 3.8) is 0 Å². The van der Waals surface area contributed by atoms with Crippen molar-refractivity contribution in [3.05, 3.63) is 77.6 Å². The molecule has 0 unspecified atom stereocenters. The Morgan fingerprint density at radius 1 is 1.00 bits per heavy atom. The minimum atomic E-state index is -4.35. The van der Waals surface area contributed by atoms with E-state index in [1.165, 1.54) is 23.3 Å². The SMILES string of the molecule is CCCN(Cc1cccc(C)c1)c1cncc(-c2ccc(C(F)(F)F)cc2)n1. The van der Waals surface area contributed by atoms with Crippen LogP contribution in [0.4, 0.5) is 19.0 Å². The van der Waals surface area contributed by atoms with E-state index in [9.17, 15) is 13.2 Å². The summed E-state index contributed by atoms with van der Waals surface area (Å²) in [5.41, 5.74) is 2.85. The molecule has 0 aliphatic carbocycles. The largest absolute Gasteiger partial charge is 0.416 e. The third-order valence-electron chi connectivity index (χ3n) is 4.40. The second-order valence-corrected chi connectivity index (χ2v) is 6.75. The molecular weight excluding hydrogens is 363 g/mol. The molecule has 6 heteroatoms. The smallest absolute Gasteiger partial charge is 0.351 e. The molecular formula is C22H22F3N3. The molecule has 28 heavy (non-hydrogen) atoms. The Balaban J connectivity index is 1.87. The average molecular weight is 385 g/mol. The number of nitrogens with zero attached hydrogens (tertiary/aromatic N) is 3. The lowest BCUT2D eigenvalue weighted by molar-refractivity contribution is -0.137. The predicted molar refractivity (Wildman–Crippen MR) is 105 cm³/mol. The van der Waals surface area contributed by atoms with E-state index >= 15 is 0 Å². The molecule has 0 aliphatic heterocycles. The van der Waals surface area contributed by atoms with Crippen LogP contribution in [-0.4, -0.2) is 16.5 Å². The normalized spacial score (nSPS) is 11.5. The fourth-order valence-electron chi connectivity index (χ4n) is 3.05. The lowest BCUT2D eigenvalue weighted by Crippen LogP contribution is -2.24. The highest BCUT2D eigenvalue weighted by Gasteiger charge is 2.30. The van der Waals surface area contributed by atoms with E-state index in [1.54, 1.807) is 12.4 Å². The Morgan fingerprint density at radius 2 is 1.75 bits per heavy atom. The molecule has 3 rings (SSSR count). The van der Waals surface area contributed by atoms with Gasteiger partial charge in [-0.25, -0.2) is 4.98 Å². The van der Waals surface area contributed by atoms with Crippen LogP contribution in [0.2, 0.25) is 0 Å². The van der Waals surface area contributed by atoms with Crippen LogP contribution in [0, 0.1) is 6.92 Å². The van der Waals surface area contributed by atoms with Crippen LogP contribution in [0.3, 0.4) is 0 Å². The van der Waals surface area contributed by atoms with Gasteiger partial charge in [-0.1, -0.05) is 48.9 Å². The van der Waals surface area contributed by atoms with Gasteiger partial charge in [0.1, 0.15) is 5.82 Å². The lowest BCUT2D eigenvalue weighted by atomic mass is 10.1. The molecule has 3 aromatic rings. The van der Waals surface area contributed by atoms with E-state index in [0.717, 1.165) is 25.1 Å². The van der Waals surface area contributed by atoms with E-state index in [0.29, 0.717) is 23.6 Å². The molecule has 0 atom stereocenters. The van der Waals surface area contributed by atoms with Crippen molar-refractivity contribution in [1.82, 2.24) is 9.97 Å². The van der Waals surface area contributed by atoms with Crippen LogP contribution in [0.15, 0.2) is 60.9 Å². The predicted octanol–water partition coefficient (Wildman–Crippen LogP) is 5.89. The third kappa shape index (κ3) is 4.88. The van der Waals surface area contributed by atoms with Gasteiger partial charge in [0.15, 0.2) is 0 Å². The van der Waals surface area contributed by atoms with Crippen LogP contribution in [-0.2, 0) is 12.7 Å². The Hall–Kier alpha value is -2.89. The molecule has 1 aromatic heterocycles. The minimum Gasteiger partial charge on any atom is -0.351 e. The summed E-state index contributed by atoms with van der Waals surface area (Å²) in [4.78, 5) is 11.1. The molecule has 146 valence electrons.